The zero-order chi connectivity index (χ0) is 14.8. The van der Waals surface area contributed by atoms with E-state index in [2.05, 4.69) is 15.9 Å². The van der Waals surface area contributed by atoms with E-state index in [9.17, 15) is 18.5 Å². The lowest BCUT2D eigenvalue weighted by Crippen LogP contribution is -2.41. The number of non-ortho nitro benzene ring substituents is 1. The van der Waals surface area contributed by atoms with Gasteiger partial charge < -0.3 is 0 Å². The molecule has 0 radical (unpaired) electrons. The van der Waals surface area contributed by atoms with Gasteiger partial charge in [0.2, 0.25) is 0 Å². The molecule has 0 aliphatic rings. The summed E-state index contributed by atoms with van der Waals surface area (Å²) in [4.78, 5) is 9.81. The first-order valence-electron chi connectivity index (χ1n) is 5.62. The Kier molecular flexibility index (Phi) is 4.73. The minimum absolute atomic E-state index is 0.0252. The number of sulfone groups is 1. The first-order chi connectivity index (χ1) is 8.55. The monoisotopic (exact) mass is 349 g/mol. The minimum atomic E-state index is -3.20. The Labute approximate surface area is 121 Å². The van der Waals surface area contributed by atoms with Crippen LogP contribution in [-0.2, 0) is 16.3 Å². The van der Waals surface area contributed by atoms with Gasteiger partial charge in [0.05, 0.1) is 9.67 Å². The zero-order valence-electron chi connectivity index (χ0n) is 11.0. The van der Waals surface area contributed by atoms with Gasteiger partial charge in [0.15, 0.2) is 9.84 Å². The number of alkyl halides is 1. The molecule has 0 aliphatic heterocycles. The summed E-state index contributed by atoms with van der Waals surface area (Å²) >= 11 is 3.41. The maximum absolute atomic E-state index is 11.7. The number of benzene rings is 1. The second-order valence-electron chi connectivity index (χ2n) is 4.97. The Bertz CT molecular complexity index is 566. The van der Waals surface area contributed by atoms with Crippen molar-refractivity contribution >= 4 is 31.5 Å². The molecule has 5 nitrogen and oxygen atoms in total. The second-order valence-corrected chi connectivity index (χ2v) is 8.67. The van der Waals surface area contributed by atoms with Crippen molar-refractivity contribution in [3.63, 3.8) is 0 Å². The summed E-state index contributed by atoms with van der Waals surface area (Å²) in [6.45, 7) is 3.32. The highest BCUT2D eigenvalue weighted by Gasteiger charge is 2.37. The van der Waals surface area contributed by atoms with Crippen LogP contribution in [0, 0.1) is 10.1 Å². The van der Waals surface area contributed by atoms with Crippen molar-refractivity contribution < 1.29 is 13.3 Å². The molecule has 0 N–H and O–H groups in total. The third kappa shape index (κ3) is 3.76. The number of nitrogens with zero attached hydrogens (tertiary/aromatic N) is 1. The fourth-order valence-electron chi connectivity index (χ4n) is 1.44. The third-order valence-corrected chi connectivity index (χ3v) is 7.24. The van der Waals surface area contributed by atoms with E-state index in [1.54, 1.807) is 26.0 Å². The first kappa shape index (κ1) is 16.1. The molecule has 0 heterocycles. The van der Waals surface area contributed by atoms with Gasteiger partial charge in [-0.3, -0.25) is 10.1 Å². The van der Waals surface area contributed by atoms with E-state index in [1.807, 2.05) is 0 Å². The number of rotatable bonds is 5. The lowest BCUT2D eigenvalue weighted by atomic mass is 10.0. The van der Waals surface area contributed by atoms with Gasteiger partial charge in [-0.1, -0.05) is 28.1 Å². The number of hydrogen-bond donors (Lipinski definition) is 0. The maximum atomic E-state index is 11.7. The smallest absolute Gasteiger partial charge is 0.258 e. The predicted octanol–water partition coefficient (Wildman–Crippen LogP) is 2.72. The van der Waals surface area contributed by atoms with Crippen molar-refractivity contribution in [1.29, 1.82) is 0 Å². The molecule has 7 heteroatoms. The van der Waals surface area contributed by atoms with Gasteiger partial charge in [0, 0.05) is 23.2 Å². The molecule has 19 heavy (non-hydrogen) atoms. The molecule has 0 fully saturated rings. The normalized spacial score (nSPS) is 14.1. The predicted molar refractivity (Wildman–Crippen MR) is 78.4 cm³/mol. The molecule has 1 aromatic carbocycles. The molecule has 0 spiro atoms. The van der Waals surface area contributed by atoms with E-state index in [0.717, 1.165) is 5.56 Å². The number of nitro benzene ring substituents is 1. The molecule has 1 aromatic rings. The van der Waals surface area contributed by atoms with E-state index in [1.165, 1.54) is 18.4 Å². The molecule has 1 unspecified atom stereocenters. The standard InChI is InChI=1S/C12H16BrNO4S/c1-12(2,19(3,17)18)11(13)8-9-4-6-10(7-5-9)14(15)16/h4-7,11H,8H2,1-3H3. The van der Waals surface area contributed by atoms with Crippen LogP contribution in [-0.4, -0.2) is 29.2 Å². The minimum Gasteiger partial charge on any atom is -0.258 e. The lowest BCUT2D eigenvalue weighted by molar-refractivity contribution is -0.384. The molecular weight excluding hydrogens is 334 g/mol. The Morgan fingerprint density at radius 1 is 1.32 bits per heavy atom. The number of hydrogen-bond acceptors (Lipinski definition) is 4. The van der Waals surface area contributed by atoms with Crippen LogP contribution in [0.15, 0.2) is 24.3 Å². The molecule has 106 valence electrons. The average molecular weight is 350 g/mol. The molecule has 1 atom stereocenters. The Morgan fingerprint density at radius 2 is 1.79 bits per heavy atom. The van der Waals surface area contributed by atoms with E-state index < -0.39 is 19.5 Å². The van der Waals surface area contributed by atoms with Gasteiger partial charge in [-0.05, 0) is 25.8 Å². The highest BCUT2D eigenvalue weighted by Crippen LogP contribution is 2.29. The molecule has 0 saturated carbocycles. The summed E-state index contributed by atoms with van der Waals surface area (Å²) < 4.78 is 22.5. The Hall–Kier alpha value is -0.950. The van der Waals surface area contributed by atoms with Crippen LogP contribution < -0.4 is 0 Å². The Balaban J connectivity index is 2.88. The summed E-state index contributed by atoms with van der Waals surface area (Å²) in [6.07, 6.45) is 1.69. The van der Waals surface area contributed by atoms with Crippen molar-refractivity contribution in [1.82, 2.24) is 0 Å². The van der Waals surface area contributed by atoms with Crippen LogP contribution in [0.4, 0.5) is 5.69 Å². The van der Waals surface area contributed by atoms with Crippen molar-refractivity contribution in [3.8, 4) is 0 Å². The van der Waals surface area contributed by atoms with E-state index >= 15 is 0 Å². The van der Waals surface area contributed by atoms with Crippen LogP contribution in [0.2, 0.25) is 0 Å². The lowest BCUT2D eigenvalue weighted by Gasteiger charge is -2.28. The fourth-order valence-corrected chi connectivity index (χ4v) is 3.38. The van der Waals surface area contributed by atoms with Gasteiger partial charge in [-0.2, -0.15) is 0 Å². The van der Waals surface area contributed by atoms with E-state index in [-0.39, 0.29) is 10.5 Å². The van der Waals surface area contributed by atoms with Gasteiger partial charge in [-0.15, -0.1) is 0 Å². The van der Waals surface area contributed by atoms with Crippen LogP contribution in [0.1, 0.15) is 19.4 Å². The largest absolute Gasteiger partial charge is 0.269 e. The quantitative estimate of drug-likeness (QED) is 0.465. The molecule has 0 aliphatic carbocycles. The van der Waals surface area contributed by atoms with Gasteiger partial charge in [0.25, 0.3) is 5.69 Å². The topological polar surface area (TPSA) is 77.3 Å². The molecule has 1 rings (SSSR count). The maximum Gasteiger partial charge on any atom is 0.269 e. The SMILES string of the molecule is CC(C)(C(Br)Cc1ccc([N+](=O)[O-])cc1)S(C)(=O)=O. The Morgan fingerprint density at radius 3 is 2.16 bits per heavy atom. The number of halogens is 1. The first-order valence-corrected chi connectivity index (χ1v) is 8.43. The fraction of sp³-hybridized carbons (Fsp3) is 0.500. The van der Waals surface area contributed by atoms with Crippen LogP contribution in [0.25, 0.3) is 0 Å². The zero-order valence-corrected chi connectivity index (χ0v) is 13.4. The molecule has 0 amide bonds. The van der Waals surface area contributed by atoms with Crippen molar-refractivity contribution in [3.05, 3.63) is 39.9 Å². The van der Waals surface area contributed by atoms with Gasteiger partial charge in [0.1, 0.15) is 0 Å². The van der Waals surface area contributed by atoms with Crippen LogP contribution in [0.3, 0.4) is 0 Å². The molecule has 0 bridgehead atoms. The highest BCUT2D eigenvalue weighted by molar-refractivity contribution is 9.09. The van der Waals surface area contributed by atoms with E-state index in [0.29, 0.717) is 6.42 Å². The molecular formula is C12H16BrNO4S. The van der Waals surface area contributed by atoms with Crippen molar-refractivity contribution in [2.75, 3.05) is 6.26 Å². The molecule has 0 aromatic heterocycles. The highest BCUT2D eigenvalue weighted by atomic mass is 79.9. The van der Waals surface area contributed by atoms with Gasteiger partial charge >= 0.3 is 0 Å². The van der Waals surface area contributed by atoms with Crippen LogP contribution >= 0.6 is 15.9 Å². The summed E-state index contributed by atoms with van der Waals surface area (Å²) in [7, 11) is -3.20. The summed E-state index contributed by atoms with van der Waals surface area (Å²) in [5.41, 5.74) is 0.876. The third-order valence-electron chi connectivity index (χ3n) is 3.27. The second kappa shape index (κ2) is 5.58. The van der Waals surface area contributed by atoms with Gasteiger partial charge in [-0.25, -0.2) is 8.42 Å². The van der Waals surface area contributed by atoms with Crippen molar-refractivity contribution in [2.45, 2.75) is 29.8 Å². The molecule has 0 saturated heterocycles. The summed E-state index contributed by atoms with van der Waals surface area (Å²) in [5, 5.41) is 10.5. The average Bonchev–Trinajstić information content (AvgIpc) is 2.28. The summed E-state index contributed by atoms with van der Waals surface area (Å²) in [6, 6.07) is 6.13. The number of nitro groups is 1. The van der Waals surface area contributed by atoms with Crippen molar-refractivity contribution in [2.24, 2.45) is 0 Å². The van der Waals surface area contributed by atoms with Crippen LogP contribution in [0.5, 0.6) is 0 Å². The summed E-state index contributed by atoms with van der Waals surface area (Å²) in [5.74, 6) is 0. The van der Waals surface area contributed by atoms with E-state index in [4.69, 9.17) is 0 Å².